The fraction of sp³-hybridized carbons (Fsp3) is 0.500. The van der Waals surface area contributed by atoms with Crippen LogP contribution in [-0.2, 0) is 6.42 Å². The SMILES string of the molecule is COc1cc(CC(C)O)c(OC)c2c1OCO2. The van der Waals surface area contributed by atoms with E-state index in [0.717, 1.165) is 5.56 Å². The van der Waals surface area contributed by atoms with E-state index in [9.17, 15) is 5.11 Å². The lowest BCUT2D eigenvalue weighted by Gasteiger charge is -2.14. The van der Waals surface area contributed by atoms with E-state index in [-0.39, 0.29) is 6.79 Å². The van der Waals surface area contributed by atoms with Crippen LogP contribution in [0.1, 0.15) is 12.5 Å². The molecule has 0 amide bonds. The fourth-order valence-corrected chi connectivity index (χ4v) is 1.91. The summed E-state index contributed by atoms with van der Waals surface area (Å²) in [7, 11) is 3.13. The first-order chi connectivity index (χ1) is 8.17. The van der Waals surface area contributed by atoms with Crippen molar-refractivity contribution in [3.8, 4) is 23.0 Å². The molecular formula is C12H16O5. The Balaban J connectivity index is 2.51. The molecule has 0 saturated heterocycles. The molecule has 0 aliphatic carbocycles. The number of benzene rings is 1. The Bertz CT molecular complexity index is 414. The maximum Gasteiger partial charge on any atom is 0.231 e. The first kappa shape index (κ1) is 11.9. The van der Waals surface area contributed by atoms with Crippen molar-refractivity contribution in [2.24, 2.45) is 0 Å². The molecule has 5 nitrogen and oxygen atoms in total. The maximum atomic E-state index is 9.47. The summed E-state index contributed by atoms with van der Waals surface area (Å²) in [5, 5.41) is 9.47. The van der Waals surface area contributed by atoms with Crippen molar-refractivity contribution in [2.45, 2.75) is 19.4 Å². The fourth-order valence-electron chi connectivity index (χ4n) is 1.91. The lowest BCUT2D eigenvalue weighted by molar-refractivity contribution is 0.168. The highest BCUT2D eigenvalue weighted by Gasteiger charge is 2.27. The van der Waals surface area contributed by atoms with Crippen LogP contribution in [0.5, 0.6) is 23.0 Å². The number of aliphatic hydroxyl groups is 1. The number of fused-ring (bicyclic) bond motifs is 1. The number of methoxy groups -OCH3 is 2. The average Bonchev–Trinajstić information content (AvgIpc) is 2.76. The summed E-state index contributed by atoms with van der Waals surface area (Å²) in [6.45, 7) is 1.87. The Morgan fingerprint density at radius 1 is 1.29 bits per heavy atom. The molecule has 1 aromatic carbocycles. The molecule has 0 saturated carbocycles. The van der Waals surface area contributed by atoms with Gasteiger partial charge in [0.15, 0.2) is 11.5 Å². The Kier molecular flexibility index (Phi) is 3.28. The lowest BCUT2D eigenvalue weighted by Crippen LogP contribution is -2.06. The van der Waals surface area contributed by atoms with Crippen LogP contribution in [0, 0.1) is 0 Å². The highest BCUT2D eigenvalue weighted by Crippen LogP contribution is 2.49. The number of ether oxygens (including phenoxy) is 4. The molecule has 1 aliphatic heterocycles. The molecule has 2 rings (SSSR count). The van der Waals surface area contributed by atoms with Gasteiger partial charge < -0.3 is 24.1 Å². The van der Waals surface area contributed by atoms with Crippen LogP contribution >= 0.6 is 0 Å². The number of hydrogen-bond acceptors (Lipinski definition) is 5. The van der Waals surface area contributed by atoms with E-state index < -0.39 is 6.10 Å². The molecule has 1 N–H and O–H groups in total. The summed E-state index contributed by atoms with van der Waals surface area (Å²) in [5.74, 6) is 2.29. The van der Waals surface area contributed by atoms with E-state index in [1.54, 1.807) is 27.2 Å². The first-order valence-electron chi connectivity index (χ1n) is 5.39. The monoisotopic (exact) mass is 240 g/mol. The molecule has 0 aromatic heterocycles. The van der Waals surface area contributed by atoms with Crippen molar-refractivity contribution in [1.82, 2.24) is 0 Å². The van der Waals surface area contributed by atoms with Crippen LogP contribution < -0.4 is 18.9 Å². The number of rotatable bonds is 4. The topological polar surface area (TPSA) is 57.2 Å². The minimum absolute atomic E-state index is 0.153. The lowest BCUT2D eigenvalue weighted by atomic mass is 10.1. The molecule has 5 heteroatoms. The van der Waals surface area contributed by atoms with Gasteiger partial charge in [0.2, 0.25) is 18.3 Å². The zero-order chi connectivity index (χ0) is 12.4. The van der Waals surface area contributed by atoms with Gasteiger partial charge in [0, 0.05) is 12.0 Å². The largest absolute Gasteiger partial charge is 0.493 e. The summed E-state index contributed by atoms with van der Waals surface area (Å²) in [5.41, 5.74) is 0.837. The van der Waals surface area contributed by atoms with Crippen molar-refractivity contribution < 1.29 is 24.1 Å². The predicted molar refractivity (Wildman–Crippen MR) is 61.1 cm³/mol. The van der Waals surface area contributed by atoms with Gasteiger partial charge in [-0.15, -0.1) is 0 Å². The highest BCUT2D eigenvalue weighted by molar-refractivity contribution is 5.64. The summed E-state index contributed by atoms with van der Waals surface area (Å²) < 4.78 is 21.3. The van der Waals surface area contributed by atoms with Crippen LogP contribution in [0.4, 0.5) is 0 Å². The molecular weight excluding hydrogens is 224 g/mol. The molecule has 1 heterocycles. The third kappa shape index (κ3) is 2.10. The zero-order valence-corrected chi connectivity index (χ0v) is 10.1. The molecule has 0 spiro atoms. The minimum atomic E-state index is -0.464. The van der Waals surface area contributed by atoms with E-state index in [2.05, 4.69) is 0 Å². The summed E-state index contributed by atoms with van der Waals surface area (Å²) in [6.07, 6.45) is 0.00452. The molecule has 94 valence electrons. The van der Waals surface area contributed by atoms with Gasteiger partial charge in [0.1, 0.15) is 0 Å². The molecule has 0 radical (unpaired) electrons. The standard InChI is InChI=1S/C12H16O5/c1-7(13)4-8-5-9(14-2)11-12(10(8)15-3)17-6-16-11/h5,7,13H,4,6H2,1-3H3. The van der Waals surface area contributed by atoms with Crippen molar-refractivity contribution in [3.63, 3.8) is 0 Å². The second-order valence-corrected chi connectivity index (χ2v) is 3.89. The van der Waals surface area contributed by atoms with E-state index >= 15 is 0 Å². The molecule has 1 aromatic rings. The van der Waals surface area contributed by atoms with Gasteiger partial charge in [-0.25, -0.2) is 0 Å². The van der Waals surface area contributed by atoms with Crippen LogP contribution in [0.15, 0.2) is 6.07 Å². The van der Waals surface area contributed by atoms with Crippen LogP contribution in [0.2, 0.25) is 0 Å². The first-order valence-corrected chi connectivity index (χ1v) is 5.39. The van der Waals surface area contributed by atoms with Gasteiger partial charge in [-0.3, -0.25) is 0 Å². The van der Waals surface area contributed by atoms with Gasteiger partial charge >= 0.3 is 0 Å². The zero-order valence-electron chi connectivity index (χ0n) is 10.1. The van der Waals surface area contributed by atoms with E-state index in [1.165, 1.54) is 0 Å². The van der Waals surface area contributed by atoms with E-state index in [4.69, 9.17) is 18.9 Å². The highest BCUT2D eigenvalue weighted by atomic mass is 16.7. The van der Waals surface area contributed by atoms with Gasteiger partial charge in [-0.1, -0.05) is 0 Å². The summed E-state index contributed by atoms with van der Waals surface area (Å²) in [6, 6.07) is 1.80. The third-order valence-electron chi connectivity index (χ3n) is 2.58. The molecule has 1 unspecified atom stereocenters. The molecule has 1 atom stereocenters. The second-order valence-electron chi connectivity index (χ2n) is 3.89. The Morgan fingerprint density at radius 2 is 2.00 bits per heavy atom. The van der Waals surface area contributed by atoms with Crippen molar-refractivity contribution >= 4 is 0 Å². The van der Waals surface area contributed by atoms with Gasteiger partial charge in [-0.2, -0.15) is 0 Å². The molecule has 0 bridgehead atoms. The van der Waals surface area contributed by atoms with Crippen LogP contribution in [-0.4, -0.2) is 32.2 Å². The van der Waals surface area contributed by atoms with Crippen molar-refractivity contribution in [1.29, 1.82) is 0 Å². The Morgan fingerprint density at radius 3 is 2.59 bits per heavy atom. The second kappa shape index (κ2) is 4.71. The van der Waals surface area contributed by atoms with Crippen molar-refractivity contribution in [2.75, 3.05) is 21.0 Å². The quantitative estimate of drug-likeness (QED) is 0.861. The molecule has 17 heavy (non-hydrogen) atoms. The van der Waals surface area contributed by atoms with E-state index in [0.29, 0.717) is 29.4 Å². The smallest absolute Gasteiger partial charge is 0.231 e. The van der Waals surface area contributed by atoms with Crippen LogP contribution in [0.3, 0.4) is 0 Å². The molecule has 1 aliphatic rings. The maximum absolute atomic E-state index is 9.47. The Labute approximate surface area is 99.9 Å². The van der Waals surface area contributed by atoms with Crippen molar-refractivity contribution in [3.05, 3.63) is 11.6 Å². The third-order valence-corrected chi connectivity index (χ3v) is 2.58. The Hall–Kier alpha value is -1.62. The summed E-state index contributed by atoms with van der Waals surface area (Å²) in [4.78, 5) is 0. The van der Waals surface area contributed by atoms with Gasteiger partial charge in [0.25, 0.3) is 0 Å². The number of hydrogen-bond donors (Lipinski definition) is 1. The van der Waals surface area contributed by atoms with E-state index in [1.807, 2.05) is 0 Å². The normalized spacial score (nSPS) is 14.6. The number of aliphatic hydroxyl groups excluding tert-OH is 1. The van der Waals surface area contributed by atoms with Gasteiger partial charge in [-0.05, 0) is 13.0 Å². The molecule has 0 fully saturated rings. The average molecular weight is 240 g/mol. The van der Waals surface area contributed by atoms with Crippen LogP contribution in [0.25, 0.3) is 0 Å². The minimum Gasteiger partial charge on any atom is -0.493 e. The summed E-state index contributed by atoms with van der Waals surface area (Å²) >= 11 is 0. The van der Waals surface area contributed by atoms with Gasteiger partial charge in [0.05, 0.1) is 20.3 Å². The predicted octanol–water partition coefficient (Wildman–Crippen LogP) is 1.36.